The van der Waals surface area contributed by atoms with Gasteiger partial charge in [0.1, 0.15) is 0 Å². The average Bonchev–Trinajstić information content (AvgIpc) is 2.16. The Kier molecular flexibility index (Phi) is 5.22. The van der Waals surface area contributed by atoms with Crippen LogP contribution in [-0.2, 0) is 0 Å². The van der Waals surface area contributed by atoms with Crippen molar-refractivity contribution in [3.8, 4) is 0 Å². The first-order valence-corrected chi connectivity index (χ1v) is 6.56. The maximum atomic E-state index is 9.54. The molecule has 0 bridgehead atoms. The zero-order valence-corrected chi connectivity index (χ0v) is 11.3. The van der Waals surface area contributed by atoms with Crippen molar-refractivity contribution in [3.63, 3.8) is 0 Å². The molecule has 1 aliphatic rings. The summed E-state index contributed by atoms with van der Waals surface area (Å²) in [6.45, 7) is 12.2. The maximum Gasteiger partial charge on any atom is 0.0623 e. The van der Waals surface area contributed by atoms with Crippen LogP contribution in [0, 0.1) is 5.92 Å². The highest BCUT2D eigenvalue weighted by Crippen LogP contribution is 2.18. The molecule has 1 rings (SSSR count). The van der Waals surface area contributed by atoms with Crippen molar-refractivity contribution in [3.05, 3.63) is 0 Å². The second-order valence-electron chi connectivity index (χ2n) is 6.00. The van der Waals surface area contributed by atoms with E-state index in [1.54, 1.807) is 0 Å². The van der Waals surface area contributed by atoms with E-state index in [-0.39, 0.29) is 12.1 Å². The Morgan fingerprint density at radius 2 is 2.19 bits per heavy atom. The molecule has 2 N–H and O–H groups in total. The van der Waals surface area contributed by atoms with Crippen LogP contribution in [0.1, 0.15) is 40.5 Å². The fourth-order valence-corrected chi connectivity index (χ4v) is 2.76. The highest BCUT2D eigenvalue weighted by atomic mass is 16.3. The number of likely N-dealkylation sites (tertiary alicyclic amines) is 1. The predicted octanol–water partition coefficient (Wildman–Crippen LogP) is 1.47. The molecule has 0 aromatic rings. The summed E-state index contributed by atoms with van der Waals surface area (Å²) in [5.74, 6) is 0.802. The Bertz CT molecular complexity index is 208. The summed E-state index contributed by atoms with van der Waals surface area (Å²) in [6.07, 6.45) is 2.65. The van der Waals surface area contributed by atoms with E-state index in [1.807, 2.05) is 0 Å². The first-order chi connectivity index (χ1) is 7.45. The monoisotopic (exact) mass is 228 g/mol. The molecule has 96 valence electrons. The van der Waals surface area contributed by atoms with Gasteiger partial charge in [-0.15, -0.1) is 0 Å². The SMILES string of the molecule is CC1CCCN(CC(C)(CO)NC(C)C)C1. The number of nitrogens with zero attached hydrogens (tertiary/aromatic N) is 1. The molecule has 0 spiro atoms. The molecule has 0 aromatic heterocycles. The van der Waals surface area contributed by atoms with Gasteiger partial charge in [0.25, 0.3) is 0 Å². The minimum absolute atomic E-state index is 0.161. The van der Waals surface area contributed by atoms with Gasteiger partial charge in [-0.25, -0.2) is 0 Å². The van der Waals surface area contributed by atoms with Gasteiger partial charge in [-0.3, -0.25) is 0 Å². The fourth-order valence-electron chi connectivity index (χ4n) is 2.76. The minimum Gasteiger partial charge on any atom is -0.394 e. The first-order valence-electron chi connectivity index (χ1n) is 6.56. The molecule has 2 atom stereocenters. The Labute approximate surface area is 100 Å². The number of piperidine rings is 1. The number of nitrogens with one attached hydrogen (secondary N) is 1. The average molecular weight is 228 g/mol. The summed E-state index contributed by atoms with van der Waals surface area (Å²) in [7, 11) is 0. The number of rotatable bonds is 5. The van der Waals surface area contributed by atoms with Gasteiger partial charge >= 0.3 is 0 Å². The van der Waals surface area contributed by atoms with Crippen molar-refractivity contribution in [2.24, 2.45) is 5.92 Å². The van der Waals surface area contributed by atoms with Crippen molar-refractivity contribution < 1.29 is 5.11 Å². The highest BCUT2D eigenvalue weighted by molar-refractivity contribution is 4.88. The maximum absolute atomic E-state index is 9.54. The molecule has 1 saturated heterocycles. The fraction of sp³-hybridized carbons (Fsp3) is 1.00. The van der Waals surface area contributed by atoms with E-state index in [2.05, 4.69) is 37.9 Å². The lowest BCUT2D eigenvalue weighted by Crippen LogP contribution is -2.57. The molecule has 0 amide bonds. The number of aliphatic hydroxyl groups excluding tert-OH is 1. The molecule has 3 heteroatoms. The van der Waals surface area contributed by atoms with Crippen molar-refractivity contribution >= 4 is 0 Å². The lowest BCUT2D eigenvalue weighted by Gasteiger charge is -2.39. The van der Waals surface area contributed by atoms with Gasteiger partial charge < -0.3 is 15.3 Å². The lowest BCUT2D eigenvalue weighted by atomic mass is 9.96. The highest BCUT2D eigenvalue weighted by Gasteiger charge is 2.28. The minimum atomic E-state index is -0.161. The second kappa shape index (κ2) is 5.99. The van der Waals surface area contributed by atoms with Crippen molar-refractivity contribution in [1.82, 2.24) is 10.2 Å². The van der Waals surface area contributed by atoms with Crippen LogP contribution in [0.25, 0.3) is 0 Å². The molecule has 3 nitrogen and oxygen atoms in total. The summed E-state index contributed by atoms with van der Waals surface area (Å²) in [5.41, 5.74) is -0.161. The van der Waals surface area contributed by atoms with E-state index in [0.717, 1.165) is 12.5 Å². The number of hydrogen-bond acceptors (Lipinski definition) is 3. The third-order valence-electron chi connectivity index (χ3n) is 3.30. The Morgan fingerprint density at radius 1 is 1.50 bits per heavy atom. The van der Waals surface area contributed by atoms with Gasteiger partial charge in [-0.2, -0.15) is 0 Å². The van der Waals surface area contributed by atoms with E-state index in [4.69, 9.17) is 0 Å². The smallest absolute Gasteiger partial charge is 0.0623 e. The van der Waals surface area contributed by atoms with Gasteiger partial charge in [0.15, 0.2) is 0 Å². The lowest BCUT2D eigenvalue weighted by molar-refractivity contribution is 0.0895. The van der Waals surface area contributed by atoms with Crippen LogP contribution >= 0.6 is 0 Å². The van der Waals surface area contributed by atoms with E-state index in [1.165, 1.54) is 25.9 Å². The van der Waals surface area contributed by atoms with Crippen LogP contribution < -0.4 is 5.32 Å². The van der Waals surface area contributed by atoms with E-state index < -0.39 is 0 Å². The Balaban J connectivity index is 2.48. The third-order valence-corrected chi connectivity index (χ3v) is 3.30. The summed E-state index contributed by atoms with van der Waals surface area (Å²) in [6, 6.07) is 0.416. The van der Waals surface area contributed by atoms with Crippen LogP contribution in [0.3, 0.4) is 0 Å². The van der Waals surface area contributed by atoms with Gasteiger partial charge in [-0.1, -0.05) is 20.8 Å². The topological polar surface area (TPSA) is 35.5 Å². The summed E-state index contributed by atoms with van der Waals surface area (Å²) >= 11 is 0. The zero-order chi connectivity index (χ0) is 12.2. The predicted molar refractivity (Wildman–Crippen MR) is 68.6 cm³/mol. The van der Waals surface area contributed by atoms with E-state index >= 15 is 0 Å². The molecule has 16 heavy (non-hydrogen) atoms. The Hall–Kier alpha value is -0.120. The summed E-state index contributed by atoms with van der Waals surface area (Å²) < 4.78 is 0. The van der Waals surface area contributed by atoms with E-state index in [9.17, 15) is 5.11 Å². The molecule has 0 saturated carbocycles. The zero-order valence-electron chi connectivity index (χ0n) is 11.3. The largest absolute Gasteiger partial charge is 0.394 e. The van der Waals surface area contributed by atoms with Crippen LogP contribution in [0.15, 0.2) is 0 Å². The molecule has 1 aliphatic heterocycles. The molecular formula is C13H28N2O. The normalized spacial score (nSPS) is 27.0. The number of hydrogen-bond donors (Lipinski definition) is 2. The molecule has 2 unspecified atom stereocenters. The summed E-state index contributed by atoms with van der Waals surface area (Å²) in [5, 5.41) is 13.0. The van der Waals surface area contributed by atoms with E-state index in [0.29, 0.717) is 6.04 Å². The van der Waals surface area contributed by atoms with Crippen molar-refractivity contribution in [2.45, 2.75) is 52.1 Å². The van der Waals surface area contributed by atoms with Gasteiger partial charge in [0.05, 0.1) is 12.1 Å². The van der Waals surface area contributed by atoms with Crippen LogP contribution in [0.4, 0.5) is 0 Å². The van der Waals surface area contributed by atoms with Gasteiger partial charge in [0, 0.05) is 19.1 Å². The third kappa shape index (κ3) is 4.40. The summed E-state index contributed by atoms with van der Waals surface area (Å²) in [4.78, 5) is 2.49. The number of aliphatic hydroxyl groups is 1. The van der Waals surface area contributed by atoms with Crippen LogP contribution in [0.2, 0.25) is 0 Å². The Morgan fingerprint density at radius 3 is 2.69 bits per heavy atom. The molecular weight excluding hydrogens is 200 g/mol. The quantitative estimate of drug-likeness (QED) is 0.748. The van der Waals surface area contributed by atoms with Crippen LogP contribution in [-0.4, -0.2) is 47.8 Å². The van der Waals surface area contributed by atoms with Crippen molar-refractivity contribution in [2.75, 3.05) is 26.2 Å². The first kappa shape index (κ1) is 13.9. The second-order valence-corrected chi connectivity index (χ2v) is 6.00. The molecule has 1 heterocycles. The van der Waals surface area contributed by atoms with Gasteiger partial charge in [0.2, 0.25) is 0 Å². The standard InChI is InChI=1S/C13H28N2O/c1-11(2)14-13(4,10-16)9-15-7-5-6-12(3)8-15/h11-12,14,16H,5-10H2,1-4H3. The van der Waals surface area contributed by atoms with Crippen LogP contribution in [0.5, 0.6) is 0 Å². The molecule has 0 aromatic carbocycles. The molecule has 1 fully saturated rings. The van der Waals surface area contributed by atoms with Gasteiger partial charge in [-0.05, 0) is 32.2 Å². The van der Waals surface area contributed by atoms with Crippen molar-refractivity contribution in [1.29, 1.82) is 0 Å². The molecule has 0 radical (unpaired) electrons. The molecule has 0 aliphatic carbocycles.